The second kappa shape index (κ2) is 16.7. The number of aliphatic hydroxyl groups is 2. The van der Waals surface area contributed by atoms with Crippen molar-refractivity contribution in [3.63, 3.8) is 0 Å². The molecule has 0 radical (unpaired) electrons. The summed E-state index contributed by atoms with van der Waals surface area (Å²) in [5.41, 5.74) is 0. The van der Waals surface area contributed by atoms with Crippen molar-refractivity contribution in [1.29, 1.82) is 0 Å². The molecule has 0 rings (SSSR count). The second-order valence-corrected chi connectivity index (χ2v) is 5.11. The fourth-order valence-electron chi connectivity index (χ4n) is 1.39. The highest BCUT2D eigenvalue weighted by molar-refractivity contribution is 5.81. The predicted molar refractivity (Wildman–Crippen MR) is 89.2 cm³/mol. The van der Waals surface area contributed by atoms with Gasteiger partial charge in [0.1, 0.15) is 13.2 Å². The van der Waals surface area contributed by atoms with Crippen LogP contribution in [0.4, 0.5) is 0 Å². The van der Waals surface area contributed by atoms with Gasteiger partial charge in [0, 0.05) is 0 Å². The standard InChI is InChI=1S/C16H22O14/c17-5-11(19)27-7-13(21)25-3-1-2-4-26-14(22)8-29-16(24)10-30-15(23)9-28-12(20)6-18/h17-18H,1-10H2. The van der Waals surface area contributed by atoms with Crippen molar-refractivity contribution < 1.29 is 67.4 Å². The van der Waals surface area contributed by atoms with Crippen LogP contribution in [-0.4, -0.2) is 98.9 Å². The maximum atomic E-state index is 11.4. The third kappa shape index (κ3) is 15.8. The van der Waals surface area contributed by atoms with E-state index in [2.05, 4.69) is 18.9 Å². The molecule has 0 aliphatic carbocycles. The van der Waals surface area contributed by atoms with Crippen molar-refractivity contribution in [3.8, 4) is 0 Å². The van der Waals surface area contributed by atoms with Gasteiger partial charge in [-0.15, -0.1) is 0 Å². The van der Waals surface area contributed by atoms with Crippen LogP contribution in [0, 0.1) is 0 Å². The van der Waals surface area contributed by atoms with Crippen LogP contribution in [-0.2, 0) is 57.2 Å². The fourth-order valence-corrected chi connectivity index (χ4v) is 1.39. The second-order valence-electron chi connectivity index (χ2n) is 5.11. The average molecular weight is 438 g/mol. The van der Waals surface area contributed by atoms with Gasteiger partial charge in [-0.2, -0.15) is 0 Å². The summed E-state index contributed by atoms with van der Waals surface area (Å²) in [6.45, 7) is -4.77. The first-order chi connectivity index (χ1) is 14.3. The summed E-state index contributed by atoms with van der Waals surface area (Å²) >= 11 is 0. The first-order valence-corrected chi connectivity index (χ1v) is 8.44. The molecule has 0 saturated heterocycles. The molecule has 30 heavy (non-hydrogen) atoms. The third-order valence-corrected chi connectivity index (χ3v) is 2.73. The molecule has 0 fully saturated rings. The largest absolute Gasteiger partial charge is 0.463 e. The minimum atomic E-state index is -1.05. The van der Waals surface area contributed by atoms with E-state index >= 15 is 0 Å². The van der Waals surface area contributed by atoms with Gasteiger partial charge in [0.05, 0.1) is 13.2 Å². The van der Waals surface area contributed by atoms with E-state index in [-0.39, 0.29) is 13.2 Å². The zero-order valence-corrected chi connectivity index (χ0v) is 15.9. The Morgan fingerprint density at radius 3 is 1.00 bits per heavy atom. The molecule has 0 aromatic heterocycles. The van der Waals surface area contributed by atoms with Crippen LogP contribution < -0.4 is 0 Å². The van der Waals surface area contributed by atoms with E-state index < -0.39 is 75.5 Å². The number of hydrogen-bond acceptors (Lipinski definition) is 14. The average Bonchev–Trinajstić information content (AvgIpc) is 2.74. The summed E-state index contributed by atoms with van der Waals surface area (Å²) in [4.78, 5) is 66.1. The lowest BCUT2D eigenvalue weighted by molar-refractivity contribution is -0.168. The number of ether oxygens (including phenoxy) is 6. The van der Waals surface area contributed by atoms with Crippen LogP contribution in [0.5, 0.6) is 0 Å². The molecule has 170 valence electrons. The van der Waals surface area contributed by atoms with Crippen molar-refractivity contribution in [1.82, 2.24) is 0 Å². The Kier molecular flexibility index (Phi) is 14.9. The lowest BCUT2D eigenvalue weighted by atomic mass is 10.3. The van der Waals surface area contributed by atoms with E-state index in [4.69, 9.17) is 19.7 Å². The van der Waals surface area contributed by atoms with Crippen LogP contribution >= 0.6 is 0 Å². The Labute approximate surface area is 169 Å². The monoisotopic (exact) mass is 438 g/mol. The van der Waals surface area contributed by atoms with Crippen molar-refractivity contribution in [3.05, 3.63) is 0 Å². The van der Waals surface area contributed by atoms with E-state index in [1.807, 2.05) is 0 Å². The molecule has 14 heteroatoms. The van der Waals surface area contributed by atoms with Crippen molar-refractivity contribution in [2.45, 2.75) is 12.8 Å². The normalized spacial score (nSPS) is 9.80. The number of carbonyl (C=O) groups excluding carboxylic acids is 6. The Balaban J connectivity index is 3.65. The fraction of sp³-hybridized carbons (Fsp3) is 0.625. The van der Waals surface area contributed by atoms with Gasteiger partial charge in [-0.05, 0) is 12.8 Å². The Morgan fingerprint density at radius 2 is 0.700 bits per heavy atom. The molecular weight excluding hydrogens is 416 g/mol. The van der Waals surface area contributed by atoms with Gasteiger partial charge in [0.25, 0.3) is 0 Å². The molecule has 2 N–H and O–H groups in total. The third-order valence-electron chi connectivity index (χ3n) is 2.73. The van der Waals surface area contributed by atoms with Crippen LogP contribution in [0.1, 0.15) is 12.8 Å². The molecule has 0 aliphatic heterocycles. The lowest BCUT2D eigenvalue weighted by Crippen LogP contribution is -2.24. The van der Waals surface area contributed by atoms with Crippen molar-refractivity contribution in [2.75, 3.05) is 52.9 Å². The minimum absolute atomic E-state index is 0.0129. The highest BCUT2D eigenvalue weighted by Crippen LogP contribution is 1.94. The SMILES string of the molecule is O=C(CO)OCC(=O)OCCCCOC(=O)COC(=O)COC(=O)COC(=O)CO. The van der Waals surface area contributed by atoms with Crippen LogP contribution in [0.3, 0.4) is 0 Å². The summed E-state index contributed by atoms with van der Waals surface area (Å²) in [6.07, 6.45) is 0.664. The van der Waals surface area contributed by atoms with E-state index in [1.54, 1.807) is 0 Å². The number of rotatable bonds is 15. The quantitative estimate of drug-likeness (QED) is 0.149. The van der Waals surface area contributed by atoms with Crippen molar-refractivity contribution >= 4 is 35.8 Å². The van der Waals surface area contributed by atoms with Gasteiger partial charge >= 0.3 is 35.8 Å². The topological polar surface area (TPSA) is 198 Å². The number of carbonyl (C=O) groups is 6. The van der Waals surface area contributed by atoms with Crippen LogP contribution in [0.2, 0.25) is 0 Å². The van der Waals surface area contributed by atoms with Gasteiger partial charge in [-0.3, -0.25) is 0 Å². The summed E-state index contributed by atoms with van der Waals surface area (Å²) in [5, 5.41) is 16.8. The lowest BCUT2D eigenvalue weighted by Gasteiger charge is -2.08. The molecule has 0 saturated carbocycles. The van der Waals surface area contributed by atoms with Gasteiger partial charge < -0.3 is 38.6 Å². The number of hydrogen-bond donors (Lipinski definition) is 2. The van der Waals surface area contributed by atoms with E-state index in [0.29, 0.717) is 12.8 Å². The smallest absolute Gasteiger partial charge is 0.344 e. The Bertz CT molecular complexity index is 599. The zero-order chi connectivity index (χ0) is 22.8. The molecule has 0 bridgehead atoms. The molecule has 0 amide bonds. The number of aliphatic hydroxyl groups excluding tert-OH is 2. The van der Waals surface area contributed by atoms with Gasteiger partial charge in [0.2, 0.25) is 0 Å². The van der Waals surface area contributed by atoms with E-state index in [9.17, 15) is 28.8 Å². The summed E-state index contributed by atoms with van der Waals surface area (Å²) in [6, 6.07) is 0. The molecule has 0 atom stereocenters. The molecule has 0 spiro atoms. The van der Waals surface area contributed by atoms with Gasteiger partial charge in [0.15, 0.2) is 26.4 Å². The molecule has 14 nitrogen and oxygen atoms in total. The number of unbranched alkanes of at least 4 members (excludes halogenated alkanes) is 1. The minimum Gasteiger partial charge on any atom is -0.463 e. The molecule has 0 unspecified atom stereocenters. The van der Waals surface area contributed by atoms with Crippen LogP contribution in [0.15, 0.2) is 0 Å². The molecule has 0 aromatic carbocycles. The van der Waals surface area contributed by atoms with Crippen LogP contribution in [0.25, 0.3) is 0 Å². The summed E-state index contributed by atoms with van der Waals surface area (Å²) in [7, 11) is 0. The van der Waals surface area contributed by atoms with Crippen molar-refractivity contribution in [2.24, 2.45) is 0 Å². The summed E-state index contributed by atoms with van der Waals surface area (Å²) in [5.74, 6) is -5.75. The first kappa shape index (κ1) is 26.7. The first-order valence-electron chi connectivity index (χ1n) is 8.44. The molecule has 0 heterocycles. The predicted octanol–water partition coefficient (Wildman–Crippen LogP) is -2.99. The maximum Gasteiger partial charge on any atom is 0.344 e. The molecule has 0 aromatic rings. The highest BCUT2D eigenvalue weighted by atomic mass is 16.6. The Hall–Kier alpha value is -3.26. The highest BCUT2D eigenvalue weighted by Gasteiger charge is 2.13. The van der Waals surface area contributed by atoms with E-state index in [1.165, 1.54) is 0 Å². The number of esters is 6. The van der Waals surface area contributed by atoms with Gasteiger partial charge in [-0.25, -0.2) is 28.8 Å². The maximum absolute atomic E-state index is 11.4. The summed E-state index contributed by atoms with van der Waals surface area (Å²) < 4.78 is 27.0. The van der Waals surface area contributed by atoms with Gasteiger partial charge in [-0.1, -0.05) is 0 Å². The molecule has 0 aliphatic rings. The molecular formula is C16H22O14. The zero-order valence-electron chi connectivity index (χ0n) is 15.9. The Morgan fingerprint density at radius 1 is 0.433 bits per heavy atom. The van der Waals surface area contributed by atoms with E-state index in [0.717, 1.165) is 0 Å².